The summed E-state index contributed by atoms with van der Waals surface area (Å²) in [4.78, 5) is 12.2. The van der Waals surface area contributed by atoms with E-state index in [0.29, 0.717) is 0 Å². The van der Waals surface area contributed by atoms with Gasteiger partial charge in [0.2, 0.25) is 5.91 Å². The summed E-state index contributed by atoms with van der Waals surface area (Å²) < 4.78 is 1.49. The minimum Gasteiger partial charge on any atom is -0.506 e. The van der Waals surface area contributed by atoms with Crippen LogP contribution in [0.2, 0.25) is 0 Å². The molecule has 0 aliphatic heterocycles. The number of carbonyl (C=O) groups is 1. The van der Waals surface area contributed by atoms with Crippen LogP contribution in [0, 0.1) is 7.14 Å². The first-order chi connectivity index (χ1) is 12.0. The van der Waals surface area contributed by atoms with Gasteiger partial charge < -0.3 is 5.11 Å². The van der Waals surface area contributed by atoms with Crippen LogP contribution in [-0.2, 0) is 11.2 Å². The Bertz CT molecular complexity index is 942. The van der Waals surface area contributed by atoms with Crippen LogP contribution in [0.4, 0.5) is 0 Å². The zero-order chi connectivity index (χ0) is 17.8. The molecule has 2 N–H and O–H groups in total. The van der Waals surface area contributed by atoms with Gasteiger partial charge >= 0.3 is 0 Å². The van der Waals surface area contributed by atoms with E-state index in [1.54, 1.807) is 18.3 Å². The van der Waals surface area contributed by atoms with Crippen LogP contribution in [0.5, 0.6) is 5.75 Å². The third kappa shape index (κ3) is 4.49. The van der Waals surface area contributed by atoms with Crippen LogP contribution < -0.4 is 5.43 Å². The van der Waals surface area contributed by atoms with Crippen LogP contribution in [0.3, 0.4) is 0 Å². The van der Waals surface area contributed by atoms with Crippen molar-refractivity contribution in [3.05, 3.63) is 72.9 Å². The third-order valence-electron chi connectivity index (χ3n) is 3.67. The number of amides is 1. The molecular weight excluding hydrogens is 542 g/mol. The number of rotatable bonds is 4. The summed E-state index contributed by atoms with van der Waals surface area (Å²) >= 11 is 4.12. The van der Waals surface area contributed by atoms with E-state index < -0.39 is 0 Å². The minimum absolute atomic E-state index is 0.171. The molecule has 3 rings (SSSR count). The van der Waals surface area contributed by atoms with Crippen LogP contribution in [-0.4, -0.2) is 17.2 Å². The highest BCUT2D eigenvalue weighted by Crippen LogP contribution is 2.26. The minimum atomic E-state index is -0.171. The van der Waals surface area contributed by atoms with E-state index in [-0.39, 0.29) is 18.1 Å². The van der Waals surface area contributed by atoms with Crippen molar-refractivity contribution in [1.82, 2.24) is 5.43 Å². The van der Waals surface area contributed by atoms with Crippen LogP contribution >= 0.6 is 45.2 Å². The van der Waals surface area contributed by atoms with Crippen molar-refractivity contribution in [2.24, 2.45) is 5.10 Å². The zero-order valence-corrected chi connectivity index (χ0v) is 17.4. The Balaban J connectivity index is 1.69. The maximum absolute atomic E-state index is 12.2. The predicted octanol–water partition coefficient (Wildman–Crippen LogP) is 4.45. The normalized spacial score (nSPS) is 11.1. The monoisotopic (exact) mass is 556 g/mol. The molecule has 0 fully saturated rings. The van der Waals surface area contributed by atoms with Crippen LogP contribution in [0.1, 0.15) is 11.1 Å². The Kier molecular flexibility index (Phi) is 5.89. The Morgan fingerprint density at radius 2 is 1.76 bits per heavy atom. The summed E-state index contributed by atoms with van der Waals surface area (Å²) in [6, 6.07) is 17.5. The highest BCUT2D eigenvalue weighted by atomic mass is 127. The van der Waals surface area contributed by atoms with Gasteiger partial charge in [-0.2, -0.15) is 5.10 Å². The van der Waals surface area contributed by atoms with E-state index in [4.69, 9.17) is 0 Å². The largest absolute Gasteiger partial charge is 0.506 e. The molecule has 3 aromatic carbocycles. The lowest BCUT2D eigenvalue weighted by Gasteiger charge is -2.05. The average Bonchev–Trinajstić information content (AvgIpc) is 2.60. The Morgan fingerprint density at radius 3 is 2.52 bits per heavy atom. The van der Waals surface area contributed by atoms with E-state index in [9.17, 15) is 9.90 Å². The summed E-state index contributed by atoms with van der Waals surface area (Å²) in [5, 5.41) is 16.0. The molecule has 6 heteroatoms. The molecule has 25 heavy (non-hydrogen) atoms. The van der Waals surface area contributed by atoms with E-state index in [2.05, 4.69) is 55.7 Å². The molecule has 0 aliphatic rings. The van der Waals surface area contributed by atoms with Crippen molar-refractivity contribution < 1.29 is 9.90 Å². The molecule has 0 spiro atoms. The van der Waals surface area contributed by atoms with Gasteiger partial charge in [-0.25, -0.2) is 5.43 Å². The number of aromatic hydroxyl groups is 1. The molecule has 4 nitrogen and oxygen atoms in total. The highest BCUT2D eigenvalue weighted by molar-refractivity contribution is 14.1. The topological polar surface area (TPSA) is 61.7 Å². The van der Waals surface area contributed by atoms with E-state index in [1.807, 2.05) is 42.5 Å². The molecular formula is C19H14I2N2O2. The lowest BCUT2D eigenvalue weighted by Crippen LogP contribution is -2.19. The summed E-state index contributed by atoms with van der Waals surface area (Å²) in [7, 11) is 0. The van der Waals surface area contributed by atoms with Gasteiger partial charge in [-0.3, -0.25) is 4.79 Å². The summed E-state index contributed by atoms with van der Waals surface area (Å²) in [5.41, 5.74) is 4.35. The van der Waals surface area contributed by atoms with Gasteiger partial charge in [0.15, 0.2) is 0 Å². The first-order valence-corrected chi connectivity index (χ1v) is 9.67. The first kappa shape index (κ1) is 18.1. The predicted molar refractivity (Wildman–Crippen MR) is 117 cm³/mol. The lowest BCUT2D eigenvalue weighted by atomic mass is 10.0. The number of nitrogens with zero attached hydrogens (tertiary/aromatic N) is 1. The number of phenols is 1. The fourth-order valence-corrected chi connectivity index (χ4v) is 4.31. The van der Waals surface area contributed by atoms with E-state index >= 15 is 0 Å². The molecule has 0 unspecified atom stereocenters. The molecule has 0 radical (unpaired) electrons. The molecule has 126 valence electrons. The second kappa shape index (κ2) is 8.13. The van der Waals surface area contributed by atoms with Crippen LogP contribution in [0.25, 0.3) is 10.8 Å². The average molecular weight is 556 g/mol. The fourth-order valence-electron chi connectivity index (χ4n) is 2.50. The number of nitrogens with one attached hydrogen (secondary N) is 1. The van der Waals surface area contributed by atoms with Crippen molar-refractivity contribution in [1.29, 1.82) is 0 Å². The van der Waals surface area contributed by atoms with Crippen molar-refractivity contribution in [3.8, 4) is 5.75 Å². The molecule has 0 aromatic heterocycles. The second-order valence-corrected chi connectivity index (χ2v) is 7.77. The smallest absolute Gasteiger partial charge is 0.244 e. The first-order valence-electron chi connectivity index (χ1n) is 7.51. The second-order valence-electron chi connectivity index (χ2n) is 5.44. The SMILES string of the molecule is O=C(Cc1cccc2ccccc12)N/N=C/c1cc(I)c(O)c(I)c1. The quantitative estimate of drug-likeness (QED) is 0.284. The number of fused-ring (bicyclic) bond motifs is 1. The summed E-state index contributed by atoms with van der Waals surface area (Å²) in [6.45, 7) is 0. The van der Waals surface area contributed by atoms with Gasteiger partial charge in [0, 0.05) is 0 Å². The van der Waals surface area contributed by atoms with Gasteiger partial charge in [-0.1, -0.05) is 42.5 Å². The Hall–Kier alpha value is -1.68. The molecule has 3 aromatic rings. The number of halogens is 2. The Labute approximate surface area is 172 Å². The highest BCUT2D eigenvalue weighted by Gasteiger charge is 2.07. The number of hydrogen-bond donors (Lipinski definition) is 2. The molecule has 0 bridgehead atoms. The van der Waals surface area contributed by atoms with Crippen molar-refractivity contribution in [3.63, 3.8) is 0 Å². The molecule has 1 amide bonds. The Morgan fingerprint density at radius 1 is 1.08 bits per heavy atom. The van der Waals surface area contributed by atoms with Crippen molar-refractivity contribution >= 4 is 68.1 Å². The van der Waals surface area contributed by atoms with E-state index in [1.165, 1.54) is 0 Å². The number of benzene rings is 3. The maximum Gasteiger partial charge on any atom is 0.244 e. The molecule has 0 saturated heterocycles. The van der Waals surface area contributed by atoms with Gasteiger partial charge in [0.25, 0.3) is 0 Å². The third-order valence-corrected chi connectivity index (χ3v) is 5.32. The van der Waals surface area contributed by atoms with Crippen molar-refractivity contribution in [2.45, 2.75) is 6.42 Å². The summed E-state index contributed by atoms with van der Waals surface area (Å²) in [6.07, 6.45) is 1.84. The number of hydrazone groups is 1. The van der Waals surface area contributed by atoms with E-state index in [0.717, 1.165) is 29.0 Å². The lowest BCUT2D eigenvalue weighted by molar-refractivity contribution is -0.120. The van der Waals surface area contributed by atoms with Gasteiger partial charge in [-0.15, -0.1) is 0 Å². The fraction of sp³-hybridized carbons (Fsp3) is 0.0526. The summed E-state index contributed by atoms with van der Waals surface area (Å²) in [5.74, 6) is 0.0918. The van der Waals surface area contributed by atoms with Gasteiger partial charge in [0.1, 0.15) is 5.75 Å². The molecule has 0 heterocycles. The zero-order valence-electron chi connectivity index (χ0n) is 13.0. The standard InChI is InChI=1S/C19H14I2N2O2/c20-16-8-12(9-17(21)19(16)25)11-22-23-18(24)10-14-6-3-5-13-4-1-2-7-15(13)14/h1-9,11,25H,10H2,(H,23,24)/b22-11+. The van der Waals surface area contributed by atoms with Crippen LogP contribution in [0.15, 0.2) is 59.7 Å². The number of hydrogen-bond acceptors (Lipinski definition) is 3. The molecule has 0 saturated carbocycles. The number of phenolic OH excluding ortho intramolecular Hbond substituents is 1. The molecule has 0 atom stereocenters. The number of carbonyl (C=O) groups excluding carboxylic acids is 1. The van der Waals surface area contributed by atoms with Crippen molar-refractivity contribution in [2.75, 3.05) is 0 Å². The van der Waals surface area contributed by atoms with Gasteiger partial charge in [-0.05, 0) is 79.2 Å². The maximum atomic E-state index is 12.2. The van der Waals surface area contributed by atoms with Gasteiger partial charge in [0.05, 0.1) is 19.8 Å². The molecule has 0 aliphatic carbocycles.